The number of hydrogen-bond acceptors (Lipinski definition) is 5. The normalized spacial score (nSPS) is 11.8. The van der Waals surface area contributed by atoms with Crippen molar-refractivity contribution >= 4 is 23.0 Å². The number of carbonyl (C=O) groups is 1. The first kappa shape index (κ1) is 21.5. The van der Waals surface area contributed by atoms with Crippen molar-refractivity contribution in [2.24, 2.45) is 5.16 Å². The van der Waals surface area contributed by atoms with Crippen molar-refractivity contribution in [2.75, 3.05) is 0 Å². The Labute approximate surface area is 190 Å². The molecule has 0 spiro atoms. The van der Waals surface area contributed by atoms with Gasteiger partial charge >= 0.3 is 5.97 Å². The molecule has 0 bridgehead atoms. The molecule has 0 amide bonds. The number of hydrogen-bond donors (Lipinski definition) is 1. The van der Waals surface area contributed by atoms with Crippen molar-refractivity contribution in [1.82, 2.24) is 4.98 Å². The van der Waals surface area contributed by atoms with E-state index in [1.54, 1.807) is 5.38 Å². The van der Waals surface area contributed by atoms with Crippen LogP contribution in [0.25, 0.3) is 0 Å². The minimum atomic E-state index is -1.19. The molecule has 5 nitrogen and oxygen atoms in total. The van der Waals surface area contributed by atoms with Crippen LogP contribution in [0, 0.1) is 0 Å². The Kier molecular flexibility index (Phi) is 6.42. The summed E-state index contributed by atoms with van der Waals surface area (Å²) in [5, 5.41) is 16.6. The number of aromatic nitrogens is 1. The van der Waals surface area contributed by atoms with Crippen LogP contribution in [-0.2, 0) is 21.7 Å². The zero-order chi connectivity index (χ0) is 22.4. The van der Waals surface area contributed by atoms with Crippen LogP contribution in [0.1, 0.15) is 34.3 Å². The minimum Gasteiger partial charge on any atom is -0.476 e. The fourth-order valence-electron chi connectivity index (χ4n) is 3.57. The van der Waals surface area contributed by atoms with Gasteiger partial charge in [-0.25, -0.2) is 9.78 Å². The minimum absolute atomic E-state index is 0.229. The van der Waals surface area contributed by atoms with Crippen LogP contribution < -0.4 is 0 Å². The fraction of sp³-hybridized carbons (Fsp3) is 0.115. The fourth-order valence-corrected chi connectivity index (χ4v) is 4.30. The Morgan fingerprint density at radius 3 is 1.75 bits per heavy atom. The SMILES string of the molecule is CCc1nc(/C(=N\OC(c2ccccc2)(c2ccccc2)c2ccccc2)C(=O)O)cs1. The van der Waals surface area contributed by atoms with E-state index in [9.17, 15) is 9.90 Å². The number of benzene rings is 3. The van der Waals surface area contributed by atoms with Crippen LogP contribution in [0.2, 0.25) is 0 Å². The third-order valence-corrected chi connectivity index (χ3v) is 6.11. The lowest BCUT2D eigenvalue weighted by molar-refractivity contribution is -0.129. The van der Waals surface area contributed by atoms with Gasteiger partial charge in [0.1, 0.15) is 5.69 Å². The average molecular weight is 443 g/mol. The number of thiazole rings is 1. The van der Waals surface area contributed by atoms with Gasteiger partial charge in [0.05, 0.1) is 5.01 Å². The Morgan fingerprint density at radius 2 is 1.38 bits per heavy atom. The molecule has 32 heavy (non-hydrogen) atoms. The van der Waals surface area contributed by atoms with Gasteiger partial charge in [0, 0.05) is 22.1 Å². The van der Waals surface area contributed by atoms with E-state index in [0.717, 1.165) is 28.1 Å². The van der Waals surface area contributed by atoms with Gasteiger partial charge in [-0.3, -0.25) is 0 Å². The third kappa shape index (κ3) is 4.18. The molecule has 0 fully saturated rings. The van der Waals surface area contributed by atoms with E-state index in [2.05, 4.69) is 10.1 Å². The molecule has 6 heteroatoms. The van der Waals surface area contributed by atoms with E-state index in [1.807, 2.05) is 97.9 Å². The number of carboxylic acid groups (broad SMARTS) is 1. The zero-order valence-corrected chi connectivity index (χ0v) is 18.3. The smallest absolute Gasteiger partial charge is 0.360 e. The summed E-state index contributed by atoms with van der Waals surface area (Å²) in [4.78, 5) is 22.8. The predicted octanol–water partition coefficient (Wildman–Crippen LogP) is 5.50. The molecule has 1 aromatic heterocycles. The lowest BCUT2D eigenvalue weighted by atomic mass is 9.80. The van der Waals surface area contributed by atoms with E-state index >= 15 is 0 Å². The van der Waals surface area contributed by atoms with Crippen LogP contribution in [-0.4, -0.2) is 21.8 Å². The Hall–Kier alpha value is -3.77. The maximum Gasteiger partial charge on any atom is 0.360 e. The molecule has 160 valence electrons. The molecule has 0 aliphatic carbocycles. The van der Waals surface area contributed by atoms with Gasteiger partial charge in [-0.2, -0.15) is 0 Å². The monoisotopic (exact) mass is 442 g/mol. The van der Waals surface area contributed by atoms with Crippen LogP contribution in [0.3, 0.4) is 0 Å². The third-order valence-electron chi connectivity index (χ3n) is 5.11. The van der Waals surface area contributed by atoms with E-state index in [-0.39, 0.29) is 5.71 Å². The van der Waals surface area contributed by atoms with Crippen LogP contribution in [0.4, 0.5) is 0 Å². The first-order valence-electron chi connectivity index (χ1n) is 10.3. The molecule has 4 aromatic rings. The number of aliphatic carboxylic acids is 1. The van der Waals surface area contributed by atoms with E-state index < -0.39 is 11.6 Å². The van der Waals surface area contributed by atoms with Crippen molar-refractivity contribution in [1.29, 1.82) is 0 Å². The average Bonchev–Trinajstić information content (AvgIpc) is 3.32. The molecular weight excluding hydrogens is 420 g/mol. The second-order valence-electron chi connectivity index (χ2n) is 7.10. The molecule has 0 saturated carbocycles. The highest BCUT2D eigenvalue weighted by molar-refractivity contribution is 7.09. The molecule has 3 aromatic carbocycles. The van der Waals surface area contributed by atoms with Gasteiger partial charge < -0.3 is 9.94 Å². The molecule has 4 rings (SSSR count). The summed E-state index contributed by atoms with van der Waals surface area (Å²) in [7, 11) is 0. The number of nitrogens with zero attached hydrogens (tertiary/aromatic N) is 2. The first-order chi connectivity index (χ1) is 15.6. The highest BCUT2D eigenvalue weighted by atomic mass is 32.1. The van der Waals surface area contributed by atoms with Gasteiger partial charge in [-0.1, -0.05) is 103 Å². The molecule has 0 unspecified atom stereocenters. The first-order valence-corrected chi connectivity index (χ1v) is 11.1. The maximum atomic E-state index is 12.1. The largest absolute Gasteiger partial charge is 0.476 e. The highest BCUT2D eigenvalue weighted by Crippen LogP contribution is 2.40. The molecule has 0 aliphatic heterocycles. The van der Waals surface area contributed by atoms with Crippen molar-refractivity contribution in [2.45, 2.75) is 18.9 Å². The van der Waals surface area contributed by atoms with Gasteiger partial charge in [-0.15, -0.1) is 11.3 Å². The van der Waals surface area contributed by atoms with Gasteiger partial charge in [0.15, 0.2) is 0 Å². The standard InChI is InChI=1S/C26H22N2O3S/c1-2-23-27-22(18-32-23)24(25(29)30)28-31-26(19-12-6-3-7-13-19,20-14-8-4-9-15-20)21-16-10-5-11-17-21/h3-18H,2H2,1H3,(H,29,30)/b28-24+. The van der Waals surface area contributed by atoms with Crippen molar-refractivity contribution in [3.8, 4) is 0 Å². The summed E-state index contributed by atoms with van der Waals surface area (Å²) in [5.41, 5.74) is 1.42. The molecule has 0 aliphatic rings. The Balaban J connectivity index is 1.93. The Morgan fingerprint density at radius 1 is 0.906 bits per heavy atom. The van der Waals surface area contributed by atoms with E-state index in [1.165, 1.54) is 11.3 Å². The van der Waals surface area contributed by atoms with E-state index in [4.69, 9.17) is 4.84 Å². The van der Waals surface area contributed by atoms with E-state index in [0.29, 0.717) is 5.69 Å². The number of carboxylic acids is 1. The summed E-state index contributed by atoms with van der Waals surface area (Å²) in [6.45, 7) is 1.97. The van der Waals surface area contributed by atoms with Gasteiger partial charge in [0.2, 0.25) is 11.3 Å². The topological polar surface area (TPSA) is 71.8 Å². The molecule has 0 radical (unpaired) electrons. The van der Waals surface area contributed by atoms with Crippen molar-refractivity contribution in [3.63, 3.8) is 0 Å². The summed E-state index contributed by atoms with van der Waals surface area (Å²) < 4.78 is 0. The van der Waals surface area contributed by atoms with Gasteiger partial charge in [-0.05, 0) is 6.42 Å². The highest BCUT2D eigenvalue weighted by Gasteiger charge is 2.40. The number of aryl methyl sites for hydroxylation is 1. The van der Waals surface area contributed by atoms with Crippen LogP contribution in [0.5, 0.6) is 0 Å². The lowest BCUT2D eigenvalue weighted by Gasteiger charge is -2.33. The quantitative estimate of drug-likeness (QED) is 0.222. The molecular formula is C26H22N2O3S. The summed E-state index contributed by atoms with van der Waals surface area (Å²) >= 11 is 1.41. The number of rotatable bonds is 8. The van der Waals surface area contributed by atoms with Crippen molar-refractivity contribution in [3.05, 3.63) is 124 Å². The summed E-state index contributed by atoms with van der Waals surface area (Å²) in [6.07, 6.45) is 0.723. The molecule has 0 saturated heterocycles. The molecule has 0 atom stereocenters. The lowest BCUT2D eigenvalue weighted by Crippen LogP contribution is -2.32. The molecule has 1 N–H and O–H groups in total. The summed E-state index contributed by atoms with van der Waals surface area (Å²) in [5.74, 6) is -1.19. The summed E-state index contributed by atoms with van der Waals surface area (Å²) in [6, 6.07) is 29.1. The second kappa shape index (κ2) is 9.58. The van der Waals surface area contributed by atoms with Crippen LogP contribution >= 0.6 is 11.3 Å². The van der Waals surface area contributed by atoms with Gasteiger partial charge in [0.25, 0.3) is 0 Å². The maximum absolute atomic E-state index is 12.1. The molecule has 1 heterocycles. The number of oxime groups is 1. The van der Waals surface area contributed by atoms with Crippen molar-refractivity contribution < 1.29 is 14.7 Å². The zero-order valence-electron chi connectivity index (χ0n) is 17.5. The van der Waals surface area contributed by atoms with Crippen LogP contribution in [0.15, 0.2) is 102 Å². The second-order valence-corrected chi connectivity index (χ2v) is 8.04. The Bertz CT molecular complexity index is 1110. The predicted molar refractivity (Wildman–Crippen MR) is 126 cm³/mol.